The molecule has 0 spiro atoms. The average Bonchev–Trinajstić information content (AvgIpc) is 2.70. The van der Waals surface area contributed by atoms with E-state index in [1.165, 1.54) is 27.0 Å². The minimum Gasteiger partial charge on any atom is -0.496 e. The summed E-state index contributed by atoms with van der Waals surface area (Å²) >= 11 is 0. The number of aliphatic hydroxyl groups is 5. The molecule has 0 amide bonds. The summed E-state index contributed by atoms with van der Waals surface area (Å²) in [5.41, 5.74) is -3.89. The number of carbonyl (C=O) groups is 1. The van der Waals surface area contributed by atoms with Crippen LogP contribution in [0.3, 0.4) is 0 Å². The number of benzene rings is 1. The molecule has 1 fully saturated rings. The van der Waals surface area contributed by atoms with Gasteiger partial charge < -0.3 is 39.4 Å². The molecule has 0 unspecified atom stereocenters. The Morgan fingerprint density at radius 2 is 1.78 bits per heavy atom. The van der Waals surface area contributed by atoms with Gasteiger partial charge in [0, 0.05) is 36.3 Å². The predicted octanol–water partition coefficient (Wildman–Crippen LogP) is -0.366. The summed E-state index contributed by atoms with van der Waals surface area (Å²) in [4.78, 5) is 24.6. The zero-order valence-corrected chi connectivity index (χ0v) is 18.0. The number of esters is 1. The SMILES string of the molecule is COc1ccc2ccc(=O)oc2c1C[C@H](OC(=O)C1(O)C[C@@H](O)C(O)[C@H](O)C1)C(C)(C)O. The summed E-state index contributed by atoms with van der Waals surface area (Å²) in [5.74, 6) is -0.835. The van der Waals surface area contributed by atoms with Crippen molar-refractivity contribution < 1.29 is 44.2 Å². The molecule has 2 aromatic rings. The fourth-order valence-corrected chi connectivity index (χ4v) is 3.86. The fourth-order valence-electron chi connectivity index (χ4n) is 3.86. The largest absolute Gasteiger partial charge is 0.496 e. The van der Waals surface area contributed by atoms with Gasteiger partial charge >= 0.3 is 11.6 Å². The molecule has 3 atom stereocenters. The lowest BCUT2D eigenvalue weighted by atomic mass is 9.79. The van der Waals surface area contributed by atoms with Crippen LogP contribution in [0.4, 0.5) is 0 Å². The van der Waals surface area contributed by atoms with Crippen molar-refractivity contribution in [1.82, 2.24) is 0 Å². The van der Waals surface area contributed by atoms with Crippen LogP contribution in [0.2, 0.25) is 0 Å². The maximum Gasteiger partial charge on any atom is 0.338 e. The third-order valence-electron chi connectivity index (χ3n) is 5.76. The molecule has 5 N–H and O–H groups in total. The highest BCUT2D eigenvalue weighted by atomic mass is 16.6. The topological polar surface area (TPSA) is 167 Å². The van der Waals surface area contributed by atoms with Gasteiger partial charge in [0.15, 0.2) is 5.60 Å². The van der Waals surface area contributed by atoms with E-state index in [9.17, 15) is 35.1 Å². The summed E-state index contributed by atoms with van der Waals surface area (Å²) in [6, 6.07) is 6.15. The molecule has 1 saturated carbocycles. The van der Waals surface area contributed by atoms with Crippen molar-refractivity contribution in [3.05, 3.63) is 40.2 Å². The Balaban J connectivity index is 1.95. The molecule has 1 aromatic heterocycles. The van der Waals surface area contributed by atoms with Crippen LogP contribution in [0.15, 0.2) is 33.5 Å². The Bertz CT molecular complexity index is 1030. The number of rotatable bonds is 6. The summed E-state index contributed by atoms with van der Waals surface area (Å²) in [6.45, 7) is 2.80. The van der Waals surface area contributed by atoms with Gasteiger partial charge in [0.05, 0.1) is 24.9 Å². The molecular formula is C22H28O10. The first kappa shape index (κ1) is 24.1. The number of hydrogen-bond donors (Lipinski definition) is 5. The van der Waals surface area contributed by atoms with E-state index in [-0.39, 0.29) is 12.0 Å². The van der Waals surface area contributed by atoms with Crippen molar-refractivity contribution in [1.29, 1.82) is 0 Å². The van der Waals surface area contributed by atoms with E-state index in [0.717, 1.165) is 0 Å². The van der Waals surface area contributed by atoms with Crippen LogP contribution in [0, 0.1) is 0 Å². The van der Waals surface area contributed by atoms with Crippen LogP contribution in [-0.4, -0.2) is 74.2 Å². The van der Waals surface area contributed by atoms with Gasteiger partial charge in [0.1, 0.15) is 23.5 Å². The second-order valence-electron chi connectivity index (χ2n) is 8.74. The van der Waals surface area contributed by atoms with Crippen LogP contribution >= 0.6 is 0 Å². The zero-order chi connectivity index (χ0) is 23.8. The number of ether oxygens (including phenoxy) is 2. The van der Waals surface area contributed by atoms with Gasteiger partial charge in [-0.3, -0.25) is 0 Å². The number of hydrogen-bond acceptors (Lipinski definition) is 10. The number of methoxy groups -OCH3 is 1. The third kappa shape index (κ3) is 4.79. The molecule has 1 heterocycles. The van der Waals surface area contributed by atoms with Crippen LogP contribution in [0.25, 0.3) is 11.0 Å². The maximum absolute atomic E-state index is 12.8. The number of fused-ring (bicyclic) bond motifs is 1. The van der Waals surface area contributed by atoms with Crippen molar-refractivity contribution in [2.45, 2.75) is 68.7 Å². The van der Waals surface area contributed by atoms with Crippen LogP contribution in [0.1, 0.15) is 32.3 Å². The normalized spacial score (nSPS) is 27.2. The van der Waals surface area contributed by atoms with Gasteiger partial charge in [-0.25, -0.2) is 9.59 Å². The van der Waals surface area contributed by atoms with E-state index in [1.54, 1.807) is 18.2 Å². The molecule has 1 aromatic carbocycles. The third-order valence-corrected chi connectivity index (χ3v) is 5.76. The predicted molar refractivity (Wildman–Crippen MR) is 111 cm³/mol. The number of aliphatic hydroxyl groups excluding tert-OH is 3. The second kappa shape index (κ2) is 8.80. The Morgan fingerprint density at radius 1 is 1.19 bits per heavy atom. The fraction of sp³-hybridized carbons (Fsp3) is 0.545. The number of carbonyl (C=O) groups excluding carboxylic acids is 1. The van der Waals surface area contributed by atoms with Crippen LogP contribution < -0.4 is 10.4 Å². The Kier molecular flexibility index (Phi) is 6.64. The van der Waals surface area contributed by atoms with E-state index < -0.39 is 60.1 Å². The van der Waals surface area contributed by atoms with Crippen molar-refractivity contribution >= 4 is 16.9 Å². The molecule has 0 bridgehead atoms. The van der Waals surface area contributed by atoms with Gasteiger partial charge in [-0.2, -0.15) is 0 Å². The Hall–Kier alpha value is -2.50. The average molecular weight is 452 g/mol. The van der Waals surface area contributed by atoms with Gasteiger partial charge in [-0.15, -0.1) is 0 Å². The lowest BCUT2D eigenvalue weighted by molar-refractivity contribution is -0.204. The molecule has 176 valence electrons. The summed E-state index contributed by atoms with van der Waals surface area (Å²) in [7, 11) is 1.41. The van der Waals surface area contributed by atoms with Gasteiger partial charge in [-0.1, -0.05) is 0 Å². The Labute approximate surface area is 183 Å². The van der Waals surface area contributed by atoms with Crippen molar-refractivity contribution in [3.63, 3.8) is 0 Å². The van der Waals surface area contributed by atoms with Gasteiger partial charge in [0.25, 0.3) is 0 Å². The quantitative estimate of drug-likeness (QED) is 0.288. The van der Waals surface area contributed by atoms with E-state index in [0.29, 0.717) is 16.7 Å². The molecule has 10 heteroatoms. The Morgan fingerprint density at radius 3 is 2.34 bits per heavy atom. The molecule has 0 aliphatic heterocycles. The molecule has 0 radical (unpaired) electrons. The molecule has 0 saturated heterocycles. The lowest BCUT2D eigenvalue weighted by Gasteiger charge is -2.40. The smallest absolute Gasteiger partial charge is 0.338 e. The summed E-state index contributed by atoms with van der Waals surface area (Å²) < 4.78 is 16.1. The van der Waals surface area contributed by atoms with E-state index in [4.69, 9.17) is 13.9 Å². The van der Waals surface area contributed by atoms with E-state index in [2.05, 4.69) is 0 Å². The molecule has 1 aliphatic carbocycles. The minimum absolute atomic E-state index is 0.132. The zero-order valence-electron chi connectivity index (χ0n) is 18.0. The van der Waals surface area contributed by atoms with Gasteiger partial charge in [-0.05, 0) is 32.0 Å². The summed E-state index contributed by atoms with van der Waals surface area (Å²) in [6.07, 6.45) is -7.04. The second-order valence-corrected chi connectivity index (χ2v) is 8.74. The molecular weight excluding hydrogens is 424 g/mol. The van der Waals surface area contributed by atoms with Crippen LogP contribution in [0.5, 0.6) is 5.75 Å². The van der Waals surface area contributed by atoms with Gasteiger partial charge in [0.2, 0.25) is 0 Å². The first-order chi connectivity index (χ1) is 14.9. The highest BCUT2D eigenvalue weighted by molar-refractivity contribution is 5.82. The van der Waals surface area contributed by atoms with E-state index in [1.807, 2.05) is 0 Å². The highest BCUT2D eigenvalue weighted by Gasteiger charge is 2.50. The van der Waals surface area contributed by atoms with Crippen LogP contribution in [-0.2, 0) is 16.0 Å². The molecule has 3 rings (SSSR count). The standard InChI is InChI=1S/C22H28O10/c1-21(2,28)16(31-20(27)22(29)9-13(23)18(26)14(24)10-22)8-12-15(30-3)6-4-11-5-7-17(25)32-19(11)12/h4-7,13-14,16,18,23-24,26,28-29H,8-10H2,1-3H3/t13-,14-,16+,18?,22?/m1/s1. The van der Waals surface area contributed by atoms with Crippen molar-refractivity contribution in [2.24, 2.45) is 0 Å². The highest BCUT2D eigenvalue weighted by Crippen LogP contribution is 2.34. The molecule has 32 heavy (non-hydrogen) atoms. The maximum atomic E-state index is 12.8. The van der Waals surface area contributed by atoms with E-state index >= 15 is 0 Å². The summed E-state index contributed by atoms with van der Waals surface area (Å²) in [5, 5.41) is 51.5. The first-order valence-corrected chi connectivity index (χ1v) is 10.2. The molecule has 10 nitrogen and oxygen atoms in total. The van der Waals surface area contributed by atoms with Crippen molar-refractivity contribution in [2.75, 3.05) is 7.11 Å². The monoisotopic (exact) mass is 452 g/mol. The lowest BCUT2D eigenvalue weighted by Crippen LogP contribution is -2.57. The first-order valence-electron chi connectivity index (χ1n) is 10.2. The molecule has 1 aliphatic rings. The minimum atomic E-state index is -2.27. The van der Waals surface area contributed by atoms with Crippen molar-refractivity contribution in [3.8, 4) is 5.75 Å².